The molecule has 0 unspecified atom stereocenters. The van der Waals surface area contributed by atoms with Crippen molar-refractivity contribution in [3.8, 4) is 0 Å². The van der Waals surface area contributed by atoms with Crippen LogP contribution in [0.2, 0.25) is 0 Å². The van der Waals surface area contributed by atoms with Crippen LogP contribution < -0.4 is 0 Å². The molecule has 0 fully saturated rings. The zero-order valence-corrected chi connectivity index (χ0v) is 14.0. The van der Waals surface area contributed by atoms with Gasteiger partial charge in [0.05, 0.1) is 0 Å². The lowest BCUT2D eigenvalue weighted by Crippen LogP contribution is -1.86. The van der Waals surface area contributed by atoms with Crippen molar-refractivity contribution in [1.29, 1.82) is 0 Å². The molecule has 1 heteroatoms. The summed E-state index contributed by atoms with van der Waals surface area (Å²) >= 11 is 0. The first-order chi connectivity index (χ1) is 12.3. The molecule has 1 aromatic heterocycles. The Labute approximate surface area is 146 Å². The summed E-state index contributed by atoms with van der Waals surface area (Å²) < 4.78 is 0. The molecule has 0 atom stereocenters. The summed E-state index contributed by atoms with van der Waals surface area (Å²) in [5.74, 6) is 0. The van der Waals surface area contributed by atoms with Crippen LogP contribution in [0.15, 0.2) is 72.9 Å². The summed E-state index contributed by atoms with van der Waals surface area (Å²) in [6.07, 6.45) is 6.24. The van der Waals surface area contributed by atoms with Gasteiger partial charge in [0, 0.05) is 11.9 Å². The molecule has 0 radical (unpaired) electrons. The smallest absolute Gasteiger partial charge is 0.0378 e. The number of pyridine rings is 1. The Morgan fingerprint density at radius 3 is 2.24 bits per heavy atom. The van der Waals surface area contributed by atoms with Gasteiger partial charge in [0.2, 0.25) is 0 Å². The normalized spacial score (nSPS) is 12.0. The monoisotopic (exact) mass is 319 g/mol. The fourth-order valence-electron chi connectivity index (χ4n) is 3.76. The van der Waals surface area contributed by atoms with Gasteiger partial charge >= 0.3 is 0 Å². The summed E-state index contributed by atoms with van der Waals surface area (Å²) in [7, 11) is 0. The standard InChI is InChI=1S/C24H17N/c1-16-15-17(13-14-25-16)5-6-18-7-8-21-10-9-19-3-2-4-20-11-12-22(18)24(21)23(19)20/h2-15H,1H3/b6-5+. The molecule has 25 heavy (non-hydrogen) atoms. The Morgan fingerprint density at radius 2 is 1.44 bits per heavy atom. The predicted molar refractivity (Wildman–Crippen MR) is 108 cm³/mol. The minimum atomic E-state index is 1.04. The molecule has 118 valence electrons. The minimum absolute atomic E-state index is 1.04. The van der Waals surface area contributed by atoms with Gasteiger partial charge in [0.1, 0.15) is 0 Å². The maximum Gasteiger partial charge on any atom is 0.0378 e. The van der Waals surface area contributed by atoms with Crippen LogP contribution in [0.3, 0.4) is 0 Å². The number of aromatic nitrogens is 1. The van der Waals surface area contributed by atoms with E-state index in [4.69, 9.17) is 0 Å². The molecule has 0 saturated heterocycles. The summed E-state index contributed by atoms with van der Waals surface area (Å²) in [4.78, 5) is 4.27. The first-order valence-corrected chi connectivity index (χ1v) is 8.57. The van der Waals surface area contributed by atoms with Gasteiger partial charge in [-0.3, -0.25) is 4.98 Å². The van der Waals surface area contributed by atoms with Gasteiger partial charge in [0.25, 0.3) is 0 Å². The van der Waals surface area contributed by atoms with Gasteiger partial charge in [-0.05, 0) is 62.5 Å². The van der Waals surface area contributed by atoms with Crippen LogP contribution in [0.4, 0.5) is 0 Å². The van der Waals surface area contributed by atoms with E-state index >= 15 is 0 Å². The van der Waals surface area contributed by atoms with Crippen LogP contribution in [0, 0.1) is 6.92 Å². The van der Waals surface area contributed by atoms with E-state index in [0.29, 0.717) is 0 Å². The van der Waals surface area contributed by atoms with Gasteiger partial charge in [-0.1, -0.05) is 66.7 Å². The maximum atomic E-state index is 4.27. The van der Waals surface area contributed by atoms with Gasteiger partial charge < -0.3 is 0 Å². The van der Waals surface area contributed by atoms with Crippen LogP contribution in [0.5, 0.6) is 0 Å². The maximum absolute atomic E-state index is 4.27. The zero-order valence-electron chi connectivity index (χ0n) is 14.0. The van der Waals surface area contributed by atoms with E-state index in [1.54, 1.807) is 0 Å². The van der Waals surface area contributed by atoms with E-state index in [2.05, 4.69) is 77.8 Å². The topological polar surface area (TPSA) is 12.9 Å². The number of aryl methyl sites for hydroxylation is 1. The third-order valence-corrected chi connectivity index (χ3v) is 4.94. The SMILES string of the molecule is Cc1cc(/C=C/c2ccc3ccc4cccc5ccc2c3c45)ccn1. The van der Waals surface area contributed by atoms with Crippen molar-refractivity contribution in [1.82, 2.24) is 4.98 Å². The second kappa shape index (κ2) is 5.42. The minimum Gasteiger partial charge on any atom is -0.262 e. The number of hydrogen-bond acceptors (Lipinski definition) is 1. The average Bonchev–Trinajstić information content (AvgIpc) is 2.65. The van der Waals surface area contributed by atoms with Crippen LogP contribution in [0.1, 0.15) is 16.8 Å². The van der Waals surface area contributed by atoms with E-state index in [1.807, 2.05) is 19.2 Å². The summed E-state index contributed by atoms with van der Waals surface area (Å²) in [5.41, 5.74) is 3.47. The van der Waals surface area contributed by atoms with E-state index in [0.717, 1.165) is 5.69 Å². The van der Waals surface area contributed by atoms with E-state index in [-0.39, 0.29) is 0 Å². The average molecular weight is 319 g/mol. The molecule has 0 bridgehead atoms. The highest BCUT2D eigenvalue weighted by molar-refractivity contribution is 6.24. The lowest BCUT2D eigenvalue weighted by Gasteiger charge is -2.12. The summed E-state index contributed by atoms with van der Waals surface area (Å²) in [5, 5.41) is 7.96. The molecule has 5 aromatic rings. The third-order valence-electron chi connectivity index (χ3n) is 4.94. The molecule has 0 spiro atoms. The van der Waals surface area contributed by atoms with Crippen molar-refractivity contribution < 1.29 is 0 Å². The van der Waals surface area contributed by atoms with Crippen molar-refractivity contribution in [2.75, 3.05) is 0 Å². The predicted octanol–water partition coefficient (Wildman–Crippen LogP) is 6.46. The number of hydrogen-bond donors (Lipinski definition) is 0. The zero-order chi connectivity index (χ0) is 16.8. The fourth-order valence-corrected chi connectivity index (χ4v) is 3.76. The highest BCUT2D eigenvalue weighted by Gasteiger charge is 2.09. The molecule has 0 N–H and O–H groups in total. The Balaban J connectivity index is 1.76. The van der Waals surface area contributed by atoms with E-state index in [9.17, 15) is 0 Å². The highest BCUT2D eigenvalue weighted by atomic mass is 14.6. The van der Waals surface area contributed by atoms with Crippen molar-refractivity contribution in [2.24, 2.45) is 0 Å². The molecule has 4 aromatic carbocycles. The fraction of sp³-hybridized carbons (Fsp3) is 0.0417. The second-order valence-corrected chi connectivity index (χ2v) is 6.57. The Kier molecular flexibility index (Phi) is 3.07. The van der Waals surface area contributed by atoms with Gasteiger partial charge in [-0.2, -0.15) is 0 Å². The lowest BCUT2D eigenvalue weighted by atomic mass is 9.92. The molecule has 0 saturated carbocycles. The molecule has 0 aliphatic carbocycles. The first kappa shape index (κ1) is 14.2. The van der Waals surface area contributed by atoms with Crippen LogP contribution in [-0.4, -0.2) is 4.98 Å². The highest BCUT2D eigenvalue weighted by Crippen LogP contribution is 2.36. The number of benzene rings is 4. The van der Waals surface area contributed by atoms with Crippen molar-refractivity contribution >= 4 is 44.5 Å². The van der Waals surface area contributed by atoms with Gasteiger partial charge in [-0.15, -0.1) is 0 Å². The third kappa shape index (κ3) is 2.28. The molecule has 0 amide bonds. The molecular weight excluding hydrogens is 302 g/mol. The van der Waals surface area contributed by atoms with Crippen molar-refractivity contribution in [2.45, 2.75) is 6.92 Å². The van der Waals surface area contributed by atoms with Crippen LogP contribution in [-0.2, 0) is 0 Å². The molecule has 1 heterocycles. The first-order valence-electron chi connectivity index (χ1n) is 8.57. The Morgan fingerprint density at radius 1 is 0.720 bits per heavy atom. The quantitative estimate of drug-likeness (QED) is 0.340. The molecule has 1 nitrogen and oxygen atoms in total. The molecule has 0 aliphatic rings. The number of nitrogens with zero attached hydrogens (tertiary/aromatic N) is 1. The lowest BCUT2D eigenvalue weighted by molar-refractivity contribution is 1.20. The van der Waals surface area contributed by atoms with Crippen molar-refractivity contribution in [3.63, 3.8) is 0 Å². The second-order valence-electron chi connectivity index (χ2n) is 6.57. The van der Waals surface area contributed by atoms with Crippen LogP contribution >= 0.6 is 0 Å². The molecule has 5 rings (SSSR count). The largest absolute Gasteiger partial charge is 0.262 e. The van der Waals surface area contributed by atoms with Crippen molar-refractivity contribution in [3.05, 3.63) is 89.7 Å². The summed E-state index contributed by atoms with van der Waals surface area (Å²) in [6, 6.07) is 24.0. The Bertz CT molecular complexity index is 1230. The molecular formula is C24H17N. The van der Waals surface area contributed by atoms with Gasteiger partial charge in [-0.25, -0.2) is 0 Å². The van der Waals surface area contributed by atoms with Gasteiger partial charge in [0.15, 0.2) is 0 Å². The van der Waals surface area contributed by atoms with Crippen LogP contribution in [0.25, 0.3) is 44.5 Å². The van der Waals surface area contributed by atoms with E-state index < -0.39 is 0 Å². The molecule has 0 aliphatic heterocycles. The number of rotatable bonds is 2. The summed E-state index contributed by atoms with van der Waals surface area (Å²) in [6.45, 7) is 2.02. The van der Waals surface area contributed by atoms with E-state index in [1.165, 1.54) is 43.4 Å². The Hall–Kier alpha value is -3.19.